The van der Waals surface area contributed by atoms with Gasteiger partial charge in [-0.3, -0.25) is 0 Å². The zero-order valence-corrected chi connectivity index (χ0v) is 3.52. The first kappa shape index (κ1) is 4.09. The van der Waals surface area contributed by atoms with Crippen molar-refractivity contribution in [1.82, 2.24) is 0 Å². The second-order valence-electron chi connectivity index (χ2n) is 1.33. The quantitative estimate of drug-likeness (QED) is 0.454. The average molecular weight is 87.1 g/mol. The van der Waals surface area contributed by atoms with Gasteiger partial charge in [0.1, 0.15) is 6.10 Å². The molecule has 6 heavy (non-hydrogen) atoms. The fraction of sp³-hybridized carbons (Fsp3) is 0.750. The molecule has 1 aliphatic rings. The van der Waals surface area contributed by atoms with E-state index in [4.69, 9.17) is 4.74 Å². The predicted octanol–water partition coefficient (Wildman–Crippen LogP) is 0.193. The van der Waals surface area contributed by atoms with Crippen LogP contribution in [0.2, 0.25) is 0 Å². The van der Waals surface area contributed by atoms with Crippen LogP contribution in [-0.4, -0.2) is 19.3 Å². The molecule has 0 N–H and O–H groups in total. The van der Waals surface area contributed by atoms with E-state index in [0.29, 0.717) is 0 Å². The van der Waals surface area contributed by atoms with Gasteiger partial charge in [-0.1, -0.05) is 0 Å². The van der Waals surface area contributed by atoms with Crippen LogP contribution in [0.4, 0.5) is 0 Å². The highest BCUT2D eigenvalue weighted by molar-refractivity contribution is 4.62. The summed E-state index contributed by atoms with van der Waals surface area (Å²) in [4.78, 5) is 0. The average Bonchev–Trinajstić information content (AvgIpc) is 1.31. The summed E-state index contributed by atoms with van der Waals surface area (Å²) in [6.07, 6.45) is 0.282. The van der Waals surface area contributed by atoms with Gasteiger partial charge < -0.3 is 9.47 Å². The molecule has 1 heterocycles. The molecule has 0 unspecified atom stereocenters. The Balaban J connectivity index is 2.01. The summed E-state index contributed by atoms with van der Waals surface area (Å²) in [5, 5.41) is 0. The molecule has 2 heteroatoms. The molecular formula is C4H7O2. The van der Waals surface area contributed by atoms with Crippen molar-refractivity contribution in [1.29, 1.82) is 0 Å². The molecule has 0 bridgehead atoms. The van der Waals surface area contributed by atoms with Gasteiger partial charge in [-0.25, -0.2) is 0 Å². The van der Waals surface area contributed by atoms with Crippen molar-refractivity contribution < 1.29 is 9.47 Å². The summed E-state index contributed by atoms with van der Waals surface area (Å²) in [5.74, 6) is 0. The van der Waals surface area contributed by atoms with Gasteiger partial charge in [0.25, 0.3) is 0 Å². The molecule has 1 rings (SSSR count). The van der Waals surface area contributed by atoms with Crippen molar-refractivity contribution >= 4 is 0 Å². The third-order valence-corrected chi connectivity index (χ3v) is 0.843. The van der Waals surface area contributed by atoms with Gasteiger partial charge >= 0.3 is 0 Å². The van der Waals surface area contributed by atoms with Crippen LogP contribution in [0.3, 0.4) is 0 Å². The van der Waals surface area contributed by atoms with E-state index in [1.165, 1.54) is 0 Å². The number of rotatable bonds is 1. The lowest BCUT2D eigenvalue weighted by molar-refractivity contribution is -0.101. The fourth-order valence-corrected chi connectivity index (χ4v) is 0.310. The van der Waals surface area contributed by atoms with Gasteiger partial charge in [0.2, 0.25) is 0 Å². The van der Waals surface area contributed by atoms with Gasteiger partial charge in [0, 0.05) is 0 Å². The number of hydrogen-bond acceptors (Lipinski definition) is 2. The molecule has 1 saturated heterocycles. The van der Waals surface area contributed by atoms with E-state index >= 15 is 0 Å². The van der Waals surface area contributed by atoms with Crippen molar-refractivity contribution in [3.63, 3.8) is 0 Å². The lowest BCUT2D eigenvalue weighted by Gasteiger charge is -2.23. The van der Waals surface area contributed by atoms with E-state index in [-0.39, 0.29) is 6.10 Å². The van der Waals surface area contributed by atoms with Gasteiger partial charge in [-0.2, -0.15) is 0 Å². The first-order valence-electron chi connectivity index (χ1n) is 1.92. The van der Waals surface area contributed by atoms with Crippen LogP contribution in [0.25, 0.3) is 0 Å². The monoisotopic (exact) mass is 87.0 g/mol. The minimum Gasteiger partial charge on any atom is -0.376 e. The fourth-order valence-electron chi connectivity index (χ4n) is 0.310. The van der Waals surface area contributed by atoms with Crippen LogP contribution in [0.5, 0.6) is 0 Å². The van der Waals surface area contributed by atoms with Crippen molar-refractivity contribution in [2.75, 3.05) is 13.2 Å². The van der Waals surface area contributed by atoms with Crippen LogP contribution in [0, 0.1) is 7.11 Å². The molecule has 1 fully saturated rings. The van der Waals surface area contributed by atoms with Gasteiger partial charge in [-0.05, 0) is 0 Å². The molecule has 1 aliphatic heterocycles. The standard InChI is InChI=1S/C4H7O2/c1-5-4-2-6-3-4/h4H,1-3H2. The van der Waals surface area contributed by atoms with E-state index in [1.807, 2.05) is 0 Å². The molecule has 0 aromatic carbocycles. The van der Waals surface area contributed by atoms with Crippen LogP contribution in [0.1, 0.15) is 0 Å². The van der Waals surface area contributed by atoms with Gasteiger partial charge in [-0.15, -0.1) is 0 Å². The van der Waals surface area contributed by atoms with Crippen LogP contribution in [-0.2, 0) is 9.47 Å². The van der Waals surface area contributed by atoms with Crippen molar-refractivity contribution in [2.45, 2.75) is 6.10 Å². The Morgan fingerprint density at radius 1 is 1.67 bits per heavy atom. The third-order valence-electron chi connectivity index (χ3n) is 0.843. The smallest absolute Gasteiger partial charge is 0.104 e. The summed E-state index contributed by atoms with van der Waals surface area (Å²) < 4.78 is 9.37. The first-order chi connectivity index (χ1) is 2.93. The third kappa shape index (κ3) is 0.533. The molecule has 0 aliphatic carbocycles. The number of hydrogen-bond donors (Lipinski definition) is 0. The molecule has 0 saturated carbocycles. The molecule has 1 radical (unpaired) electrons. The second kappa shape index (κ2) is 1.58. The summed E-state index contributed by atoms with van der Waals surface area (Å²) in [7, 11) is 3.23. The molecule has 2 nitrogen and oxygen atoms in total. The molecule has 0 aromatic heterocycles. The minimum absolute atomic E-state index is 0.282. The molecule has 0 atom stereocenters. The summed E-state index contributed by atoms with van der Waals surface area (Å²) in [5.41, 5.74) is 0. The maximum atomic E-state index is 4.76. The Hall–Kier alpha value is -0.0800. The Labute approximate surface area is 37.1 Å². The lowest BCUT2D eigenvalue weighted by Crippen LogP contribution is -2.34. The topological polar surface area (TPSA) is 18.5 Å². The summed E-state index contributed by atoms with van der Waals surface area (Å²) >= 11 is 0. The van der Waals surface area contributed by atoms with E-state index in [0.717, 1.165) is 13.2 Å². The van der Waals surface area contributed by atoms with Gasteiger partial charge in [0.15, 0.2) is 0 Å². The lowest BCUT2D eigenvalue weighted by atomic mass is 10.3. The maximum Gasteiger partial charge on any atom is 0.104 e. The zero-order chi connectivity index (χ0) is 4.41. The van der Waals surface area contributed by atoms with Crippen molar-refractivity contribution in [3.8, 4) is 0 Å². The Morgan fingerprint density at radius 2 is 2.33 bits per heavy atom. The van der Waals surface area contributed by atoms with Gasteiger partial charge in [0.05, 0.1) is 20.3 Å². The second-order valence-corrected chi connectivity index (χ2v) is 1.33. The van der Waals surface area contributed by atoms with Crippen LogP contribution in [0.15, 0.2) is 0 Å². The van der Waals surface area contributed by atoms with E-state index in [1.54, 1.807) is 0 Å². The SMILES string of the molecule is [CH2]OC1COC1. The Morgan fingerprint density at radius 3 is 2.33 bits per heavy atom. The zero-order valence-electron chi connectivity index (χ0n) is 3.52. The Kier molecular flexibility index (Phi) is 1.08. The van der Waals surface area contributed by atoms with Crippen molar-refractivity contribution in [3.05, 3.63) is 7.11 Å². The van der Waals surface area contributed by atoms with E-state index < -0.39 is 0 Å². The van der Waals surface area contributed by atoms with E-state index in [9.17, 15) is 0 Å². The molecule has 35 valence electrons. The Bertz CT molecular complexity index is 38.1. The molecule has 0 spiro atoms. The summed E-state index contributed by atoms with van der Waals surface area (Å²) in [6.45, 7) is 1.45. The maximum absolute atomic E-state index is 4.76. The molecule has 0 amide bonds. The normalized spacial score (nSPS) is 23.5. The minimum atomic E-state index is 0.282. The number of ether oxygens (including phenoxy) is 2. The highest BCUT2D eigenvalue weighted by Crippen LogP contribution is 2.02. The van der Waals surface area contributed by atoms with Crippen LogP contribution >= 0.6 is 0 Å². The van der Waals surface area contributed by atoms with E-state index in [2.05, 4.69) is 11.8 Å². The molecular weight excluding hydrogens is 80.0 g/mol. The first-order valence-corrected chi connectivity index (χ1v) is 1.92. The van der Waals surface area contributed by atoms with Crippen molar-refractivity contribution in [2.24, 2.45) is 0 Å². The molecule has 0 aromatic rings. The highest BCUT2D eigenvalue weighted by Gasteiger charge is 2.15. The predicted molar refractivity (Wildman–Crippen MR) is 21.0 cm³/mol. The largest absolute Gasteiger partial charge is 0.376 e. The summed E-state index contributed by atoms with van der Waals surface area (Å²) in [6, 6.07) is 0. The van der Waals surface area contributed by atoms with Crippen LogP contribution < -0.4 is 0 Å². The highest BCUT2D eigenvalue weighted by atomic mass is 16.6.